The fraction of sp³-hybridized carbons (Fsp3) is 0.667. The molecule has 3 rings (SSSR count). The molecule has 0 saturated heterocycles. The summed E-state index contributed by atoms with van der Waals surface area (Å²) in [5.41, 5.74) is 1.27. The van der Waals surface area contributed by atoms with Crippen molar-refractivity contribution in [2.45, 2.75) is 59.0 Å². The van der Waals surface area contributed by atoms with E-state index in [1.165, 1.54) is 12.5 Å². The smallest absolute Gasteiger partial charge is 0.123 e. The summed E-state index contributed by atoms with van der Waals surface area (Å²) >= 11 is 0. The van der Waals surface area contributed by atoms with Gasteiger partial charge in [0.15, 0.2) is 0 Å². The summed E-state index contributed by atoms with van der Waals surface area (Å²) in [6.45, 7) is 8.59. The van der Waals surface area contributed by atoms with E-state index in [0.717, 1.165) is 24.0 Å². The SMILES string of the molecule is Cc1cc(F)ccc1CC1(O)C2(C)CCC(C2)C1(C)C. The standard InChI is InChI=1S/C18H25FO/c1-12-9-15(19)6-5-13(12)10-18(20)16(2,3)14-7-8-17(18,4)11-14/h5-6,9,14,20H,7-8,10-11H2,1-4H3. The minimum Gasteiger partial charge on any atom is -0.388 e. The van der Waals surface area contributed by atoms with Crippen LogP contribution in [0.15, 0.2) is 18.2 Å². The second-order valence-electron chi connectivity index (χ2n) is 7.83. The maximum Gasteiger partial charge on any atom is 0.123 e. The number of benzene rings is 1. The molecular formula is C18H25FO. The molecule has 2 heteroatoms. The van der Waals surface area contributed by atoms with Crippen LogP contribution in [0.2, 0.25) is 0 Å². The largest absolute Gasteiger partial charge is 0.388 e. The van der Waals surface area contributed by atoms with E-state index < -0.39 is 5.60 Å². The van der Waals surface area contributed by atoms with Crippen LogP contribution in [0.4, 0.5) is 4.39 Å². The zero-order valence-electron chi connectivity index (χ0n) is 13.0. The molecule has 2 bridgehead atoms. The Morgan fingerprint density at radius 3 is 2.55 bits per heavy atom. The maximum atomic E-state index is 13.3. The molecule has 0 spiro atoms. The highest BCUT2D eigenvalue weighted by Gasteiger charge is 2.67. The lowest BCUT2D eigenvalue weighted by Gasteiger charge is -2.51. The van der Waals surface area contributed by atoms with E-state index in [2.05, 4.69) is 20.8 Å². The molecule has 2 saturated carbocycles. The highest BCUT2D eigenvalue weighted by Crippen LogP contribution is 2.68. The third-order valence-electron chi connectivity index (χ3n) is 6.58. The Morgan fingerprint density at radius 2 is 2.00 bits per heavy atom. The van der Waals surface area contributed by atoms with Crippen molar-refractivity contribution < 1.29 is 9.50 Å². The van der Waals surface area contributed by atoms with E-state index in [0.29, 0.717) is 12.3 Å². The third-order valence-corrected chi connectivity index (χ3v) is 6.58. The van der Waals surface area contributed by atoms with Gasteiger partial charge in [0, 0.05) is 6.42 Å². The Kier molecular flexibility index (Phi) is 2.86. The molecule has 0 aliphatic heterocycles. The summed E-state index contributed by atoms with van der Waals surface area (Å²) in [6, 6.07) is 4.92. The first-order valence-electron chi connectivity index (χ1n) is 7.67. The monoisotopic (exact) mass is 276 g/mol. The van der Waals surface area contributed by atoms with Crippen LogP contribution < -0.4 is 0 Å². The predicted molar refractivity (Wildman–Crippen MR) is 79.0 cm³/mol. The molecule has 20 heavy (non-hydrogen) atoms. The Balaban J connectivity index is 2.00. The van der Waals surface area contributed by atoms with Crippen LogP contribution in [0.5, 0.6) is 0 Å². The van der Waals surface area contributed by atoms with Gasteiger partial charge in [-0.15, -0.1) is 0 Å². The molecular weight excluding hydrogens is 251 g/mol. The van der Waals surface area contributed by atoms with E-state index in [1.807, 2.05) is 13.0 Å². The van der Waals surface area contributed by atoms with Crippen LogP contribution in [-0.2, 0) is 6.42 Å². The predicted octanol–water partition coefficient (Wildman–Crippen LogP) is 4.25. The van der Waals surface area contributed by atoms with Crippen LogP contribution >= 0.6 is 0 Å². The minimum atomic E-state index is -0.689. The van der Waals surface area contributed by atoms with Gasteiger partial charge in [0.25, 0.3) is 0 Å². The van der Waals surface area contributed by atoms with Crippen LogP contribution in [-0.4, -0.2) is 10.7 Å². The maximum absolute atomic E-state index is 13.3. The first-order chi connectivity index (χ1) is 9.20. The van der Waals surface area contributed by atoms with E-state index in [9.17, 15) is 9.50 Å². The van der Waals surface area contributed by atoms with Crippen molar-refractivity contribution in [2.24, 2.45) is 16.7 Å². The molecule has 0 amide bonds. The molecule has 2 aliphatic rings. The first kappa shape index (κ1) is 14.1. The van der Waals surface area contributed by atoms with Crippen molar-refractivity contribution in [1.82, 2.24) is 0 Å². The van der Waals surface area contributed by atoms with Crippen molar-refractivity contribution in [1.29, 1.82) is 0 Å². The van der Waals surface area contributed by atoms with E-state index >= 15 is 0 Å². The van der Waals surface area contributed by atoms with Crippen molar-refractivity contribution in [2.75, 3.05) is 0 Å². The van der Waals surface area contributed by atoms with Gasteiger partial charge in [-0.3, -0.25) is 0 Å². The average molecular weight is 276 g/mol. The van der Waals surface area contributed by atoms with Crippen LogP contribution in [0.3, 0.4) is 0 Å². The van der Waals surface area contributed by atoms with Crippen molar-refractivity contribution >= 4 is 0 Å². The lowest BCUT2D eigenvalue weighted by Crippen LogP contribution is -2.55. The highest BCUT2D eigenvalue weighted by atomic mass is 19.1. The fourth-order valence-corrected chi connectivity index (χ4v) is 4.92. The fourth-order valence-electron chi connectivity index (χ4n) is 4.92. The average Bonchev–Trinajstić information content (AvgIpc) is 2.81. The molecule has 0 aromatic heterocycles. The van der Waals surface area contributed by atoms with Gasteiger partial charge in [-0.25, -0.2) is 4.39 Å². The van der Waals surface area contributed by atoms with Gasteiger partial charge in [-0.1, -0.05) is 26.8 Å². The van der Waals surface area contributed by atoms with Crippen molar-refractivity contribution in [3.63, 3.8) is 0 Å². The Hall–Kier alpha value is -0.890. The van der Waals surface area contributed by atoms with Crippen LogP contribution in [0.1, 0.15) is 51.2 Å². The first-order valence-corrected chi connectivity index (χ1v) is 7.67. The summed E-state index contributed by atoms with van der Waals surface area (Å²) in [6.07, 6.45) is 4.10. The van der Waals surface area contributed by atoms with Gasteiger partial charge >= 0.3 is 0 Å². The van der Waals surface area contributed by atoms with Gasteiger partial charge < -0.3 is 5.11 Å². The molecule has 0 radical (unpaired) electrons. The molecule has 1 aromatic carbocycles. The molecule has 3 atom stereocenters. The summed E-state index contributed by atoms with van der Waals surface area (Å²) in [5, 5.41) is 11.5. The van der Waals surface area contributed by atoms with Gasteiger partial charge in [0.1, 0.15) is 5.82 Å². The quantitative estimate of drug-likeness (QED) is 0.856. The third kappa shape index (κ3) is 1.64. The number of hydrogen-bond donors (Lipinski definition) is 1. The summed E-state index contributed by atoms with van der Waals surface area (Å²) < 4.78 is 13.3. The highest BCUT2D eigenvalue weighted by molar-refractivity contribution is 5.31. The lowest BCUT2D eigenvalue weighted by molar-refractivity contribution is -0.142. The Morgan fingerprint density at radius 1 is 1.30 bits per heavy atom. The second-order valence-corrected chi connectivity index (χ2v) is 7.83. The minimum absolute atomic E-state index is 0.00198. The molecule has 1 nitrogen and oxygen atoms in total. The lowest BCUT2D eigenvalue weighted by atomic mass is 9.58. The van der Waals surface area contributed by atoms with Crippen molar-refractivity contribution in [3.05, 3.63) is 35.1 Å². The second kappa shape index (κ2) is 4.07. The molecule has 1 N–H and O–H groups in total. The molecule has 2 fully saturated rings. The molecule has 2 aliphatic carbocycles. The number of rotatable bonds is 2. The van der Waals surface area contributed by atoms with Gasteiger partial charge in [0.2, 0.25) is 0 Å². The van der Waals surface area contributed by atoms with E-state index in [4.69, 9.17) is 0 Å². The van der Waals surface area contributed by atoms with E-state index in [1.54, 1.807) is 6.07 Å². The molecule has 1 aromatic rings. The van der Waals surface area contributed by atoms with Gasteiger partial charge in [-0.2, -0.15) is 0 Å². The zero-order valence-corrected chi connectivity index (χ0v) is 13.0. The number of halogens is 1. The summed E-state index contributed by atoms with van der Waals surface area (Å²) in [4.78, 5) is 0. The number of aryl methyl sites for hydroxylation is 1. The van der Waals surface area contributed by atoms with Crippen molar-refractivity contribution in [3.8, 4) is 0 Å². The normalized spacial score (nSPS) is 38.4. The van der Waals surface area contributed by atoms with Gasteiger partial charge in [-0.05, 0) is 66.2 Å². The topological polar surface area (TPSA) is 20.2 Å². The summed E-state index contributed by atoms with van der Waals surface area (Å²) in [7, 11) is 0. The molecule has 110 valence electrons. The number of aliphatic hydroxyl groups is 1. The number of fused-ring (bicyclic) bond motifs is 2. The Labute approximate surface area is 121 Å². The molecule has 0 heterocycles. The summed E-state index contributed by atoms with van der Waals surface area (Å²) in [5.74, 6) is 0.412. The van der Waals surface area contributed by atoms with Gasteiger partial charge in [0.05, 0.1) is 5.60 Å². The number of hydrogen-bond acceptors (Lipinski definition) is 1. The molecule has 3 unspecified atom stereocenters. The van der Waals surface area contributed by atoms with Crippen LogP contribution in [0.25, 0.3) is 0 Å². The van der Waals surface area contributed by atoms with Crippen LogP contribution in [0, 0.1) is 29.5 Å². The Bertz CT molecular complexity index is 544. The zero-order chi connectivity index (χ0) is 14.8. The van der Waals surface area contributed by atoms with E-state index in [-0.39, 0.29) is 16.6 Å².